The van der Waals surface area contributed by atoms with E-state index < -0.39 is 26.7 Å². The van der Waals surface area contributed by atoms with E-state index in [2.05, 4.69) is 10.2 Å². The second-order valence-electron chi connectivity index (χ2n) is 3.99. The fraction of sp³-hybridized carbons (Fsp3) is 0.0909. The van der Waals surface area contributed by atoms with Crippen LogP contribution in [0.2, 0.25) is 10.2 Å². The summed E-state index contributed by atoms with van der Waals surface area (Å²) in [6, 6.07) is 4.44. The van der Waals surface area contributed by atoms with E-state index in [1.807, 2.05) is 4.72 Å². The van der Waals surface area contributed by atoms with Gasteiger partial charge in [0.1, 0.15) is 4.90 Å². The molecule has 0 amide bonds. The molecule has 1 heterocycles. The van der Waals surface area contributed by atoms with E-state index in [0.29, 0.717) is 12.1 Å². The lowest BCUT2D eigenvalue weighted by molar-refractivity contribution is -0.137. The molecule has 0 spiro atoms. The maximum absolute atomic E-state index is 12.7. The zero-order valence-electron chi connectivity index (χ0n) is 10.4. The number of sulfonamides is 1. The van der Waals surface area contributed by atoms with Gasteiger partial charge in [-0.1, -0.05) is 23.2 Å². The van der Waals surface area contributed by atoms with Crippen LogP contribution in [-0.4, -0.2) is 18.6 Å². The SMILES string of the molecule is O=S(=O)(Nc1ccc(Cl)nn1)c1cc(C(F)(F)F)ccc1Cl. The number of alkyl halides is 3. The third kappa shape index (κ3) is 3.79. The van der Waals surface area contributed by atoms with Crippen LogP contribution in [0.15, 0.2) is 35.2 Å². The molecular formula is C11H6Cl2F3N3O2S. The lowest BCUT2D eigenvalue weighted by Gasteiger charge is -2.12. The lowest BCUT2D eigenvalue weighted by Crippen LogP contribution is -2.16. The minimum absolute atomic E-state index is 0.0278. The molecular weight excluding hydrogens is 366 g/mol. The molecule has 0 aliphatic carbocycles. The number of halogens is 5. The number of nitrogens with one attached hydrogen (secondary N) is 1. The van der Waals surface area contributed by atoms with Crippen LogP contribution in [0, 0.1) is 0 Å². The summed E-state index contributed by atoms with van der Waals surface area (Å²) in [5.74, 6) is -0.210. The van der Waals surface area contributed by atoms with Crippen LogP contribution in [0.3, 0.4) is 0 Å². The molecule has 0 saturated carbocycles. The van der Waals surface area contributed by atoms with Crippen LogP contribution < -0.4 is 4.72 Å². The normalized spacial score (nSPS) is 12.2. The zero-order valence-corrected chi connectivity index (χ0v) is 12.7. The van der Waals surface area contributed by atoms with Crippen molar-refractivity contribution >= 4 is 39.0 Å². The molecule has 1 N–H and O–H groups in total. The van der Waals surface area contributed by atoms with Crippen molar-refractivity contribution in [2.45, 2.75) is 11.1 Å². The van der Waals surface area contributed by atoms with E-state index in [9.17, 15) is 21.6 Å². The molecule has 1 aromatic heterocycles. The van der Waals surface area contributed by atoms with Crippen LogP contribution in [0.4, 0.5) is 19.0 Å². The molecule has 0 aliphatic rings. The van der Waals surface area contributed by atoms with E-state index in [1.54, 1.807) is 0 Å². The second-order valence-corrected chi connectivity index (χ2v) is 6.44. The number of aromatic nitrogens is 2. The number of benzene rings is 1. The average Bonchev–Trinajstić information content (AvgIpc) is 2.40. The number of hydrogen-bond donors (Lipinski definition) is 1. The average molecular weight is 372 g/mol. The highest BCUT2D eigenvalue weighted by Crippen LogP contribution is 2.33. The van der Waals surface area contributed by atoms with Crippen molar-refractivity contribution in [1.82, 2.24) is 10.2 Å². The Morgan fingerprint density at radius 2 is 1.73 bits per heavy atom. The van der Waals surface area contributed by atoms with E-state index in [0.717, 1.165) is 6.07 Å². The quantitative estimate of drug-likeness (QED) is 0.894. The summed E-state index contributed by atoms with van der Waals surface area (Å²) in [6.45, 7) is 0. The standard InChI is InChI=1S/C11H6Cl2F3N3O2S/c12-7-2-1-6(11(14,15)16)5-8(7)22(20,21)19-10-4-3-9(13)17-18-10/h1-5H,(H,18,19). The lowest BCUT2D eigenvalue weighted by atomic mass is 10.2. The monoisotopic (exact) mass is 371 g/mol. The van der Waals surface area contributed by atoms with Crippen LogP contribution in [0.1, 0.15) is 5.56 Å². The van der Waals surface area contributed by atoms with Gasteiger partial charge in [0, 0.05) is 0 Å². The molecule has 118 valence electrons. The summed E-state index contributed by atoms with van der Waals surface area (Å²) in [6.07, 6.45) is -4.70. The minimum Gasteiger partial charge on any atom is -0.262 e. The fourth-order valence-corrected chi connectivity index (χ4v) is 3.07. The van der Waals surface area contributed by atoms with Gasteiger partial charge in [-0.2, -0.15) is 13.2 Å². The Labute approximate surface area is 133 Å². The maximum Gasteiger partial charge on any atom is 0.416 e. The molecule has 0 bridgehead atoms. The van der Waals surface area contributed by atoms with E-state index >= 15 is 0 Å². The van der Waals surface area contributed by atoms with Crippen molar-refractivity contribution in [3.05, 3.63) is 46.1 Å². The largest absolute Gasteiger partial charge is 0.416 e. The smallest absolute Gasteiger partial charge is 0.262 e. The summed E-state index contributed by atoms with van der Waals surface area (Å²) in [4.78, 5) is -0.722. The van der Waals surface area contributed by atoms with Gasteiger partial charge in [-0.25, -0.2) is 8.42 Å². The third-order valence-corrected chi connectivity index (χ3v) is 4.46. The molecule has 1 aromatic carbocycles. The molecule has 2 rings (SSSR count). The Bertz CT molecular complexity index is 795. The Morgan fingerprint density at radius 1 is 1.05 bits per heavy atom. The van der Waals surface area contributed by atoms with Gasteiger partial charge in [-0.05, 0) is 30.3 Å². The van der Waals surface area contributed by atoms with Gasteiger partial charge >= 0.3 is 6.18 Å². The highest BCUT2D eigenvalue weighted by atomic mass is 35.5. The molecule has 0 atom stereocenters. The second kappa shape index (κ2) is 5.90. The minimum atomic E-state index is -4.70. The first-order chi connectivity index (χ1) is 10.1. The molecule has 0 fully saturated rings. The Hall–Kier alpha value is -1.58. The predicted molar refractivity (Wildman–Crippen MR) is 74.3 cm³/mol. The van der Waals surface area contributed by atoms with Crippen molar-refractivity contribution in [2.75, 3.05) is 4.72 Å². The maximum atomic E-state index is 12.7. The van der Waals surface area contributed by atoms with Gasteiger partial charge in [0.15, 0.2) is 11.0 Å². The van der Waals surface area contributed by atoms with Crippen LogP contribution >= 0.6 is 23.2 Å². The topological polar surface area (TPSA) is 72.0 Å². The summed E-state index contributed by atoms with van der Waals surface area (Å²) < 4.78 is 64.2. The number of nitrogens with zero attached hydrogens (tertiary/aromatic N) is 2. The third-order valence-electron chi connectivity index (χ3n) is 2.42. The van der Waals surface area contributed by atoms with E-state index in [1.165, 1.54) is 12.1 Å². The predicted octanol–water partition coefficient (Wildman–Crippen LogP) is 3.60. The van der Waals surface area contributed by atoms with Crippen molar-refractivity contribution in [1.29, 1.82) is 0 Å². The van der Waals surface area contributed by atoms with Crippen molar-refractivity contribution in [2.24, 2.45) is 0 Å². The number of rotatable bonds is 3. The molecule has 5 nitrogen and oxygen atoms in total. The molecule has 0 aliphatic heterocycles. The van der Waals surface area contributed by atoms with Gasteiger partial charge in [-0.15, -0.1) is 10.2 Å². The molecule has 0 radical (unpaired) electrons. The Kier molecular flexibility index (Phi) is 4.50. The number of anilines is 1. The summed E-state index contributed by atoms with van der Waals surface area (Å²) in [5, 5.41) is 6.53. The van der Waals surface area contributed by atoms with Crippen molar-refractivity contribution in [3.8, 4) is 0 Å². The van der Waals surface area contributed by atoms with Gasteiger partial charge in [0.25, 0.3) is 10.0 Å². The molecule has 11 heteroatoms. The Morgan fingerprint density at radius 3 is 2.27 bits per heavy atom. The van der Waals surface area contributed by atoms with Crippen LogP contribution in [-0.2, 0) is 16.2 Å². The number of hydrogen-bond acceptors (Lipinski definition) is 4. The molecule has 0 saturated heterocycles. The van der Waals surface area contributed by atoms with Gasteiger partial charge < -0.3 is 0 Å². The molecule has 0 unspecified atom stereocenters. The van der Waals surface area contributed by atoms with Gasteiger partial charge in [0.05, 0.1) is 10.6 Å². The summed E-state index contributed by atoms with van der Waals surface area (Å²) in [7, 11) is -4.37. The first kappa shape index (κ1) is 16.8. The molecule has 2 aromatic rings. The zero-order chi connectivity index (χ0) is 16.5. The highest BCUT2D eigenvalue weighted by molar-refractivity contribution is 7.92. The highest BCUT2D eigenvalue weighted by Gasteiger charge is 2.32. The Balaban J connectivity index is 2.43. The van der Waals surface area contributed by atoms with Crippen molar-refractivity contribution in [3.63, 3.8) is 0 Å². The fourth-order valence-electron chi connectivity index (χ4n) is 1.45. The van der Waals surface area contributed by atoms with E-state index in [4.69, 9.17) is 23.2 Å². The molecule has 22 heavy (non-hydrogen) atoms. The van der Waals surface area contributed by atoms with Gasteiger partial charge in [0.2, 0.25) is 0 Å². The summed E-state index contributed by atoms with van der Waals surface area (Å²) in [5.41, 5.74) is -1.14. The van der Waals surface area contributed by atoms with E-state index in [-0.39, 0.29) is 16.0 Å². The first-order valence-corrected chi connectivity index (χ1v) is 7.72. The van der Waals surface area contributed by atoms with Gasteiger partial charge in [-0.3, -0.25) is 4.72 Å². The first-order valence-electron chi connectivity index (χ1n) is 5.48. The summed E-state index contributed by atoms with van der Waals surface area (Å²) >= 11 is 11.2. The van der Waals surface area contributed by atoms with Crippen LogP contribution in [0.25, 0.3) is 0 Å². The van der Waals surface area contributed by atoms with Crippen molar-refractivity contribution < 1.29 is 21.6 Å². The van der Waals surface area contributed by atoms with Crippen LogP contribution in [0.5, 0.6) is 0 Å².